The number of hydrogen-bond acceptors (Lipinski definition) is 3. The molecule has 0 aliphatic carbocycles. The Balaban J connectivity index is 2.48. The Morgan fingerprint density at radius 3 is 2.65 bits per heavy atom. The minimum atomic E-state index is -0.550. The fourth-order valence-electron chi connectivity index (χ4n) is 1.49. The van der Waals surface area contributed by atoms with Gasteiger partial charge in [-0.3, -0.25) is 14.3 Å². The second-order valence-corrected chi connectivity index (χ2v) is 3.93. The van der Waals surface area contributed by atoms with Crippen molar-refractivity contribution in [2.75, 3.05) is 5.73 Å². The van der Waals surface area contributed by atoms with Gasteiger partial charge in [-0.15, -0.1) is 0 Å². The Kier molecular flexibility index (Phi) is 3.01. The molecule has 0 fully saturated rings. The van der Waals surface area contributed by atoms with E-state index in [4.69, 9.17) is 17.3 Å². The van der Waals surface area contributed by atoms with Gasteiger partial charge in [0.2, 0.25) is 0 Å². The summed E-state index contributed by atoms with van der Waals surface area (Å²) in [4.78, 5) is 24.7. The van der Waals surface area contributed by atoms with Crippen LogP contribution < -0.4 is 17.0 Å². The second kappa shape index (κ2) is 4.47. The van der Waals surface area contributed by atoms with Crippen molar-refractivity contribution in [3.63, 3.8) is 0 Å². The van der Waals surface area contributed by atoms with Crippen molar-refractivity contribution in [3.8, 4) is 0 Å². The summed E-state index contributed by atoms with van der Waals surface area (Å²) in [5.74, 6) is 0. The highest BCUT2D eigenvalue weighted by molar-refractivity contribution is 6.29. The van der Waals surface area contributed by atoms with E-state index in [0.717, 1.165) is 11.6 Å². The zero-order chi connectivity index (χ0) is 12.4. The van der Waals surface area contributed by atoms with Crippen LogP contribution in [0.5, 0.6) is 0 Å². The Morgan fingerprint density at radius 2 is 2.00 bits per heavy atom. The Morgan fingerprint density at radius 1 is 1.29 bits per heavy atom. The number of nitrogens with zero attached hydrogens (tertiary/aromatic N) is 1. The maximum Gasteiger partial charge on any atom is 0.329 e. The standard InChI is InChI=1S/C11H10ClN3O2/c12-9-5-10(16)14-11(17)15(9)6-7-3-1-2-4-8(7)13/h1-5H,6,13H2,(H,14,16,17). The smallest absolute Gasteiger partial charge is 0.329 e. The number of nitrogens with two attached hydrogens (primary N) is 1. The topological polar surface area (TPSA) is 80.9 Å². The van der Waals surface area contributed by atoms with Gasteiger partial charge in [-0.05, 0) is 11.6 Å². The van der Waals surface area contributed by atoms with Crippen LogP contribution >= 0.6 is 11.6 Å². The van der Waals surface area contributed by atoms with Crippen LogP contribution in [-0.4, -0.2) is 9.55 Å². The molecule has 1 aromatic heterocycles. The Bertz CT molecular complexity index is 660. The van der Waals surface area contributed by atoms with Gasteiger partial charge in [0.25, 0.3) is 5.56 Å². The van der Waals surface area contributed by atoms with E-state index in [0.29, 0.717) is 5.69 Å². The van der Waals surface area contributed by atoms with Crippen LogP contribution in [0.4, 0.5) is 5.69 Å². The van der Waals surface area contributed by atoms with Gasteiger partial charge in [0.05, 0.1) is 6.54 Å². The normalized spacial score (nSPS) is 10.4. The molecule has 0 atom stereocenters. The number of anilines is 1. The highest BCUT2D eigenvalue weighted by Crippen LogP contribution is 2.13. The van der Waals surface area contributed by atoms with Crippen LogP contribution in [-0.2, 0) is 6.54 Å². The summed E-state index contributed by atoms with van der Waals surface area (Å²) in [5.41, 5.74) is 6.04. The van der Waals surface area contributed by atoms with Crippen molar-refractivity contribution in [2.24, 2.45) is 0 Å². The SMILES string of the molecule is Nc1ccccc1Cn1c(Cl)cc(=O)[nH]c1=O. The average molecular weight is 252 g/mol. The number of aromatic amines is 1. The van der Waals surface area contributed by atoms with Crippen LogP contribution in [0.1, 0.15) is 5.56 Å². The molecule has 3 N–H and O–H groups in total. The molecule has 0 unspecified atom stereocenters. The number of rotatable bonds is 2. The van der Waals surface area contributed by atoms with E-state index >= 15 is 0 Å². The predicted octanol–water partition coefficient (Wildman–Crippen LogP) is 0.820. The van der Waals surface area contributed by atoms with E-state index in [2.05, 4.69) is 4.98 Å². The van der Waals surface area contributed by atoms with Crippen LogP contribution in [0.2, 0.25) is 5.15 Å². The maximum absolute atomic E-state index is 11.6. The van der Waals surface area contributed by atoms with Gasteiger partial charge in [0.1, 0.15) is 5.15 Å². The molecule has 2 aromatic rings. The lowest BCUT2D eigenvalue weighted by atomic mass is 10.2. The molecule has 5 nitrogen and oxygen atoms in total. The van der Waals surface area contributed by atoms with Crippen molar-refractivity contribution in [1.82, 2.24) is 9.55 Å². The zero-order valence-electron chi connectivity index (χ0n) is 8.81. The highest BCUT2D eigenvalue weighted by atomic mass is 35.5. The lowest BCUT2D eigenvalue weighted by Crippen LogP contribution is -2.30. The number of halogens is 1. The fourth-order valence-corrected chi connectivity index (χ4v) is 1.72. The Hall–Kier alpha value is -2.01. The molecule has 0 amide bonds. The monoisotopic (exact) mass is 251 g/mol. The second-order valence-electron chi connectivity index (χ2n) is 3.55. The molecule has 17 heavy (non-hydrogen) atoms. The van der Waals surface area contributed by atoms with Crippen LogP contribution in [0.25, 0.3) is 0 Å². The lowest BCUT2D eigenvalue weighted by molar-refractivity contribution is 0.723. The highest BCUT2D eigenvalue weighted by Gasteiger charge is 2.06. The van der Waals surface area contributed by atoms with E-state index in [1.165, 1.54) is 4.57 Å². The molecule has 2 rings (SSSR count). The van der Waals surface area contributed by atoms with Crippen molar-refractivity contribution >= 4 is 17.3 Å². The summed E-state index contributed by atoms with van der Waals surface area (Å²) in [6, 6.07) is 8.30. The number of benzene rings is 1. The molecule has 1 aromatic carbocycles. The quantitative estimate of drug-likeness (QED) is 0.613. The molecule has 0 radical (unpaired) electrons. The van der Waals surface area contributed by atoms with Crippen LogP contribution in [0.3, 0.4) is 0 Å². The average Bonchev–Trinajstić information content (AvgIpc) is 2.25. The minimum Gasteiger partial charge on any atom is -0.398 e. The first-order valence-electron chi connectivity index (χ1n) is 4.91. The van der Waals surface area contributed by atoms with Gasteiger partial charge in [-0.2, -0.15) is 0 Å². The molecule has 0 aliphatic rings. The number of para-hydroxylation sites is 1. The fraction of sp³-hybridized carbons (Fsp3) is 0.0909. The third kappa shape index (κ3) is 2.39. The zero-order valence-corrected chi connectivity index (χ0v) is 9.57. The van der Waals surface area contributed by atoms with E-state index in [1.54, 1.807) is 18.2 Å². The molecule has 0 bridgehead atoms. The summed E-state index contributed by atoms with van der Waals surface area (Å²) >= 11 is 5.84. The number of hydrogen-bond donors (Lipinski definition) is 2. The number of nitrogen functional groups attached to an aromatic ring is 1. The van der Waals surface area contributed by atoms with Gasteiger partial charge in [-0.25, -0.2) is 4.79 Å². The number of aromatic nitrogens is 2. The van der Waals surface area contributed by atoms with Crippen molar-refractivity contribution in [3.05, 3.63) is 61.9 Å². The summed E-state index contributed by atoms with van der Waals surface area (Å²) in [7, 11) is 0. The third-order valence-electron chi connectivity index (χ3n) is 2.37. The van der Waals surface area contributed by atoms with Gasteiger partial charge in [-0.1, -0.05) is 29.8 Å². The van der Waals surface area contributed by atoms with Gasteiger partial charge >= 0.3 is 5.69 Å². The lowest BCUT2D eigenvalue weighted by Gasteiger charge is -2.09. The van der Waals surface area contributed by atoms with Gasteiger partial charge < -0.3 is 5.73 Å². The third-order valence-corrected chi connectivity index (χ3v) is 2.68. The molecule has 88 valence electrons. The molecule has 0 spiro atoms. The number of nitrogens with one attached hydrogen (secondary N) is 1. The molecular weight excluding hydrogens is 242 g/mol. The van der Waals surface area contributed by atoms with Crippen molar-refractivity contribution < 1.29 is 0 Å². The van der Waals surface area contributed by atoms with Crippen molar-refractivity contribution in [1.29, 1.82) is 0 Å². The Labute approximate surface area is 101 Å². The summed E-state index contributed by atoms with van der Waals surface area (Å²) in [6.45, 7) is 0.223. The van der Waals surface area contributed by atoms with Crippen LogP contribution in [0.15, 0.2) is 39.9 Å². The molecule has 0 saturated carbocycles. The van der Waals surface area contributed by atoms with Crippen LogP contribution in [0, 0.1) is 0 Å². The molecular formula is C11H10ClN3O2. The molecule has 0 aliphatic heterocycles. The minimum absolute atomic E-state index is 0.0852. The first-order valence-corrected chi connectivity index (χ1v) is 5.29. The summed E-state index contributed by atoms with van der Waals surface area (Å²) in [6.07, 6.45) is 0. The first-order chi connectivity index (χ1) is 8.08. The van der Waals surface area contributed by atoms with Crippen molar-refractivity contribution in [2.45, 2.75) is 6.54 Å². The molecule has 6 heteroatoms. The van der Waals surface area contributed by atoms with E-state index < -0.39 is 11.2 Å². The predicted molar refractivity (Wildman–Crippen MR) is 66.3 cm³/mol. The first kappa shape index (κ1) is 11.5. The largest absolute Gasteiger partial charge is 0.398 e. The van der Waals surface area contributed by atoms with Gasteiger partial charge in [0, 0.05) is 11.8 Å². The summed E-state index contributed by atoms with van der Waals surface area (Å²) < 4.78 is 1.24. The van der Waals surface area contributed by atoms with Gasteiger partial charge in [0.15, 0.2) is 0 Å². The number of H-pyrrole nitrogens is 1. The van der Waals surface area contributed by atoms with E-state index in [9.17, 15) is 9.59 Å². The summed E-state index contributed by atoms with van der Waals surface area (Å²) in [5, 5.41) is 0.0852. The van der Waals surface area contributed by atoms with E-state index in [-0.39, 0.29) is 11.7 Å². The van der Waals surface area contributed by atoms with E-state index in [1.807, 2.05) is 6.07 Å². The maximum atomic E-state index is 11.6. The molecule has 1 heterocycles. The molecule has 0 saturated heterocycles.